The zero-order valence-electron chi connectivity index (χ0n) is 8.90. The van der Waals surface area contributed by atoms with E-state index in [0.29, 0.717) is 0 Å². The summed E-state index contributed by atoms with van der Waals surface area (Å²) in [5.41, 5.74) is 1.04. The lowest BCUT2D eigenvalue weighted by Crippen LogP contribution is -2.01. The fraction of sp³-hybridized carbons (Fsp3) is 0.273. The van der Waals surface area contributed by atoms with Gasteiger partial charge in [-0.25, -0.2) is 9.97 Å². The third-order valence-corrected chi connectivity index (χ3v) is 3.39. The number of halogens is 1. The minimum absolute atomic E-state index is 0.748. The lowest BCUT2D eigenvalue weighted by atomic mass is 10.3. The first-order chi connectivity index (χ1) is 7.78. The highest BCUT2D eigenvalue weighted by Crippen LogP contribution is 2.21. The molecule has 0 radical (unpaired) electrons. The van der Waals surface area contributed by atoms with Gasteiger partial charge < -0.3 is 5.32 Å². The van der Waals surface area contributed by atoms with E-state index >= 15 is 0 Å². The predicted octanol–water partition coefficient (Wildman–Crippen LogP) is 3.37. The molecule has 5 heteroatoms. The van der Waals surface area contributed by atoms with Crippen molar-refractivity contribution in [1.29, 1.82) is 0 Å². The number of anilines is 1. The van der Waals surface area contributed by atoms with Crippen molar-refractivity contribution < 1.29 is 0 Å². The molecule has 0 unspecified atom stereocenters. The largest absolute Gasteiger partial charge is 0.365 e. The van der Waals surface area contributed by atoms with Crippen molar-refractivity contribution in [2.75, 3.05) is 5.32 Å². The third kappa shape index (κ3) is 2.93. The zero-order chi connectivity index (χ0) is 11.4. The summed E-state index contributed by atoms with van der Waals surface area (Å²) in [5.74, 6) is 0.858. The molecule has 0 aliphatic carbocycles. The van der Waals surface area contributed by atoms with Crippen molar-refractivity contribution in [1.82, 2.24) is 9.97 Å². The third-order valence-electron chi connectivity index (χ3n) is 2.16. The molecule has 0 amide bonds. The van der Waals surface area contributed by atoms with Gasteiger partial charge in [0.2, 0.25) is 0 Å². The van der Waals surface area contributed by atoms with Crippen LogP contribution in [-0.4, -0.2) is 9.97 Å². The van der Waals surface area contributed by atoms with Crippen LogP contribution in [0.1, 0.15) is 17.5 Å². The van der Waals surface area contributed by atoms with Gasteiger partial charge in [-0.15, -0.1) is 11.3 Å². The maximum Gasteiger partial charge on any atom is 0.129 e. The van der Waals surface area contributed by atoms with Gasteiger partial charge >= 0.3 is 0 Å². The zero-order valence-corrected chi connectivity index (χ0v) is 10.5. The van der Waals surface area contributed by atoms with Gasteiger partial charge in [0, 0.05) is 16.6 Å². The Morgan fingerprint density at radius 3 is 2.94 bits per heavy atom. The van der Waals surface area contributed by atoms with E-state index in [2.05, 4.69) is 22.2 Å². The van der Waals surface area contributed by atoms with Crippen molar-refractivity contribution >= 4 is 28.8 Å². The van der Waals surface area contributed by atoms with Crippen LogP contribution >= 0.6 is 22.9 Å². The average Bonchev–Trinajstić information content (AvgIpc) is 2.73. The van der Waals surface area contributed by atoms with Crippen LogP contribution in [0.2, 0.25) is 4.34 Å². The molecule has 2 heterocycles. The van der Waals surface area contributed by atoms with Gasteiger partial charge in [0.15, 0.2) is 0 Å². The molecule has 0 saturated heterocycles. The number of nitrogens with zero attached hydrogens (tertiary/aromatic N) is 2. The summed E-state index contributed by atoms with van der Waals surface area (Å²) in [6.45, 7) is 2.82. The van der Waals surface area contributed by atoms with Crippen LogP contribution in [0.4, 0.5) is 5.82 Å². The summed E-state index contributed by atoms with van der Waals surface area (Å²) in [7, 11) is 0. The van der Waals surface area contributed by atoms with Crippen molar-refractivity contribution in [3.63, 3.8) is 0 Å². The Kier molecular flexibility index (Phi) is 3.74. The van der Waals surface area contributed by atoms with Crippen LogP contribution in [0.3, 0.4) is 0 Å². The topological polar surface area (TPSA) is 37.8 Å². The maximum atomic E-state index is 5.85. The van der Waals surface area contributed by atoms with Crippen molar-refractivity contribution in [3.05, 3.63) is 39.4 Å². The lowest BCUT2D eigenvalue weighted by molar-refractivity contribution is 0.989. The smallest absolute Gasteiger partial charge is 0.129 e. The lowest BCUT2D eigenvalue weighted by Gasteiger charge is -2.04. The normalized spacial score (nSPS) is 10.4. The first kappa shape index (κ1) is 11.4. The Morgan fingerprint density at radius 2 is 2.25 bits per heavy atom. The van der Waals surface area contributed by atoms with E-state index in [9.17, 15) is 0 Å². The molecule has 0 aliphatic heterocycles. The fourth-order valence-electron chi connectivity index (χ4n) is 1.31. The van der Waals surface area contributed by atoms with Gasteiger partial charge in [-0.2, -0.15) is 0 Å². The van der Waals surface area contributed by atoms with Gasteiger partial charge in [-0.1, -0.05) is 18.5 Å². The van der Waals surface area contributed by atoms with Gasteiger partial charge in [0.25, 0.3) is 0 Å². The second-order valence-corrected chi connectivity index (χ2v) is 5.11. The first-order valence-corrected chi connectivity index (χ1v) is 6.26. The molecule has 0 bridgehead atoms. The second kappa shape index (κ2) is 5.27. The molecule has 0 fully saturated rings. The van der Waals surface area contributed by atoms with E-state index in [4.69, 9.17) is 11.6 Å². The Bertz CT molecular complexity index is 470. The molecule has 3 nitrogen and oxygen atoms in total. The van der Waals surface area contributed by atoms with Gasteiger partial charge in [-0.05, 0) is 18.6 Å². The first-order valence-electron chi connectivity index (χ1n) is 5.07. The highest BCUT2D eigenvalue weighted by atomic mass is 35.5. The van der Waals surface area contributed by atoms with Crippen LogP contribution in [0.15, 0.2) is 24.5 Å². The van der Waals surface area contributed by atoms with E-state index in [1.54, 1.807) is 17.7 Å². The average molecular weight is 254 g/mol. The standard InChI is InChI=1S/C11H12ClN3S/c1-2-8-5-11(15-7-14-8)13-6-9-3-4-10(12)16-9/h3-5,7H,2,6H2,1H3,(H,13,14,15). The molecule has 0 aromatic carbocycles. The molecular weight excluding hydrogens is 242 g/mol. The predicted molar refractivity (Wildman–Crippen MR) is 68.1 cm³/mol. The summed E-state index contributed by atoms with van der Waals surface area (Å²) in [6, 6.07) is 5.89. The molecule has 0 saturated carbocycles. The summed E-state index contributed by atoms with van der Waals surface area (Å²) in [6.07, 6.45) is 2.50. The van der Waals surface area contributed by atoms with E-state index < -0.39 is 0 Å². The molecular formula is C11H12ClN3S. The number of rotatable bonds is 4. The Hall–Kier alpha value is -1.13. The van der Waals surface area contributed by atoms with E-state index in [0.717, 1.165) is 28.8 Å². The van der Waals surface area contributed by atoms with Crippen LogP contribution in [0, 0.1) is 0 Å². The number of nitrogens with one attached hydrogen (secondary N) is 1. The number of hydrogen-bond donors (Lipinski definition) is 1. The van der Waals surface area contributed by atoms with Gasteiger partial charge in [0.1, 0.15) is 12.1 Å². The molecule has 0 aliphatic rings. The number of thiophene rings is 1. The molecule has 84 valence electrons. The fourth-order valence-corrected chi connectivity index (χ4v) is 2.34. The SMILES string of the molecule is CCc1cc(NCc2ccc(Cl)s2)ncn1. The molecule has 1 N–H and O–H groups in total. The quantitative estimate of drug-likeness (QED) is 0.908. The number of aryl methyl sites for hydroxylation is 1. The van der Waals surface area contributed by atoms with Crippen molar-refractivity contribution in [2.24, 2.45) is 0 Å². The summed E-state index contributed by atoms with van der Waals surface area (Å²) in [4.78, 5) is 9.50. The van der Waals surface area contributed by atoms with Crippen molar-refractivity contribution in [3.8, 4) is 0 Å². The minimum atomic E-state index is 0.748. The molecule has 0 atom stereocenters. The highest BCUT2D eigenvalue weighted by molar-refractivity contribution is 7.16. The van der Waals surface area contributed by atoms with Crippen LogP contribution < -0.4 is 5.32 Å². The number of hydrogen-bond acceptors (Lipinski definition) is 4. The summed E-state index contributed by atoms with van der Waals surface area (Å²) in [5, 5.41) is 3.25. The van der Waals surface area contributed by atoms with E-state index in [1.165, 1.54) is 4.88 Å². The molecule has 16 heavy (non-hydrogen) atoms. The number of aromatic nitrogens is 2. The second-order valence-electron chi connectivity index (χ2n) is 3.31. The highest BCUT2D eigenvalue weighted by Gasteiger charge is 1.99. The molecule has 0 spiro atoms. The van der Waals surface area contributed by atoms with E-state index in [1.807, 2.05) is 18.2 Å². The summed E-state index contributed by atoms with van der Waals surface area (Å²) < 4.78 is 0.814. The van der Waals surface area contributed by atoms with Crippen molar-refractivity contribution in [2.45, 2.75) is 19.9 Å². The minimum Gasteiger partial charge on any atom is -0.365 e. The van der Waals surface area contributed by atoms with Gasteiger partial charge in [0.05, 0.1) is 10.9 Å². The molecule has 2 aromatic rings. The molecule has 2 rings (SSSR count). The van der Waals surface area contributed by atoms with E-state index in [-0.39, 0.29) is 0 Å². The summed E-state index contributed by atoms with van der Waals surface area (Å²) >= 11 is 7.43. The monoisotopic (exact) mass is 253 g/mol. The Morgan fingerprint density at radius 1 is 1.38 bits per heavy atom. The van der Waals surface area contributed by atoms with Crippen LogP contribution in [-0.2, 0) is 13.0 Å². The Balaban J connectivity index is 1.99. The van der Waals surface area contributed by atoms with Gasteiger partial charge in [-0.3, -0.25) is 0 Å². The van der Waals surface area contributed by atoms with Crippen LogP contribution in [0.5, 0.6) is 0 Å². The molecule has 2 aromatic heterocycles. The maximum absolute atomic E-state index is 5.85. The van der Waals surface area contributed by atoms with Crippen LogP contribution in [0.25, 0.3) is 0 Å². The Labute approximate surface area is 104 Å².